The van der Waals surface area contributed by atoms with E-state index in [1.165, 1.54) is 56.7 Å². The molecule has 18 nitrogen and oxygen atoms in total. The van der Waals surface area contributed by atoms with Crippen LogP contribution in [0.15, 0.2) is 53.6 Å². The Labute approximate surface area is 299 Å². The van der Waals surface area contributed by atoms with Crippen molar-refractivity contribution in [3.8, 4) is 5.75 Å². The molecule has 8 atom stereocenters. The standard InChI is InChI=1S/C34H46N8O10/c1-17(35)30(46)41(4)19(3)27(29(45)37-16-21-14-25(43)32(52-21)42-12-8-11-26(51-5)31(42)47)40-28(44)18(2)38-34(50)39-24(33(48)49)13-20-15-36-23-10-7-6-9-22(20)23/h6-12,15,17-19,21,24-25,27,32,36,43H,13-14,16,35H2,1-5H3,(H,37,45)(H,40,44)(H,48,49)(H2,38,39,50)/t17-,18-,19-,21?,24-,25?,27-,32?/m0/s1. The fraction of sp³-hybridized carbons (Fsp3) is 0.471. The van der Waals surface area contributed by atoms with Crippen molar-refractivity contribution in [2.24, 2.45) is 5.73 Å². The number of amides is 5. The third kappa shape index (κ3) is 9.25. The Morgan fingerprint density at radius 1 is 1.08 bits per heavy atom. The number of methoxy groups -OCH3 is 1. The number of carbonyl (C=O) groups excluding carboxylic acids is 4. The zero-order chi connectivity index (χ0) is 38.3. The molecule has 0 bridgehead atoms. The van der Waals surface area contributed by atoms with E-state index in [-0.39, 0.29) is 25.1 Å². The number of likely N-dealkylation sites (N-methyl/N-ethyl adjacent to an activating group) is 1. The maximum atomic E-state index is 13.6. The van der Waals surface area contributed by atoms with E-state index in [9.17, 15) is 39.0 Å². The fourth-order valence-electron chi connectivity index (χ4n) is 5.89. The summed E-state index contributed by atoms with van der Waals surface area (Å²) in [6.07, 6.45) is 0.278. The molecule has 1 saturated heterocycles. The summed E-state index contributed by atoms with van der Waals surface area (Å²) in [5.74, 6) is -3.26. The van der Waals surface area contributed by atoms with Crippen LogP contribution in [0.3, 0.4) is 0 Å². The van der Waals surface area contributed by atoms with E-state index in [1.54, 1.807) is 12.3 Å². The molecule has 3 heterocycles. The number of benzene rings is 1. The van der Waals surface area contributed by atoms with Crippen molar-refractivity contribution in [2.45, 2.75) is 82.3 Å². The average molecular weight is 727 g/mol. The van der Waals surface area contributed by atoms with Crippen LogP contribution in [0, 0.1) is 0 Å². The number of nitrogens with zero attached hydrogens (tertiary/aromatic N) is 2. The number of urea groups is 1. The number of hydrogen-bond donors (Lipinski definition) is 8. The molecule has 1 aliphatic rings. The summed E-state index contributed by atoms with van der Waals surface area (Å²) in [6, 6.07) is 3.62. The number of H-pyrrole nitrogens is 1. The van der Waals surface area contributed by atoms with Gasteiger partial charge in [0.25, 0.3) is 5.56 Å². The first-order chi connectivity index (χ1) is 24.6. The topological polar surface area (TPSA) is 259 Å². The number of nitrogens with two attached hydrogens (primary N) is 1. The number of pyridine rings is 1. The van der Waals surface area contributed by atoms with Gasteiger partial charge in [0.2, 0.25) is 17.7 Å². The lowest BCUT2D eigenvalue weighted by atomic mass is 10.1. The first-order valence-electron chi connectivity index (χ1n) is 16.7. The highest BCUT2D eigenvalue weighted by Gasteiger charge is 2.38. The predicted molar refractivity (Wildman–Crippen MR) is 187 cm³/mol. The van der Waals surface area contributed by atoms with E-state index in [0.29, 0.717) is 5.56 Å². The summed E-state index contributed by atoms with van der Waals surface area (Å²) in [5, 5.41) is 31.3. The van der Waals surface area contributed by atoms with Crippen LogP contribution in [-0.2, 0) is 30.3 Å². The number of nitrogens with one attached hydrogen (secondary N) is 5. The second kappa shape index (κ2) is 17.2. The molecule has 9 N–H and O–H groups in total. The van der Waals surface area contributed by atoms with Gasteiger partial charge in [-0.05, 0) is 44.5 Å². The highest BCUT2D eigenvalue weighted by molar-refractivity contribution is 5.93. The fourth-order valence-corrected chi connectivity index (χ4v) is 5.89. The minimum Gasteiger partial charge on any atom is -0.491 e. The molecule has 2 aromatic heterocycles. The van der Waals surface area contributed by atoms with E-state index in [4.69, 9.17) is 15.2 Å². The van der Waals surface area contributed by atoms with Crippen molar-refractivity contribution < 1.29 is 43.7 Å². The van der Waals surface area contributed by atoms with Crippen molar-refractivity contribution >= 4 is 40.6 Å². The van der Waals surface area contributed by atoms with E-state index < -0.39 is 83.9 Å². The third-order valence-corrected chi connectivity index (χ3v) is 8.96. The van der Waals surface area contributed by atoms with Gasteiger partial charge in [0.15, 0.2) is 12.0 Å². The molecule has 1 fully saturated rings. The number of carboxylic acids is 1. The highest BCUT2D eigenvalue weighted by Crippen LogP contribution is 2.28. The molecular weight excluding hydrogens is 680 g/mol. The monoisotopic (exact) mass is 726 g/mol. The molecule has 3 aromatic rings. The second-order valence-corrected chi connectivity index (χ2v) is 12.7. The first-order valence-corrected chi connectivity index (χ1v) is 16.7. The van der Waals surface area contributed by atoms with Crippen LogP contribution in [0.5, 0.6) is 5.75 Å². The zero-order valence-electron chi connectivity index (χ0n) is 29.5. The summed E-state index contributed by atoms with van der Waals surface area (Å²) in [4.78, 5) is 81.5. The summed E-state index contributed by atoms with van der Waals surface area (Å²) >= 11 is 0. The Balaban J connectivity index is 1.40. The van der Waals surface area contributed by atoms with Crippen molar-refractivity contribution in [2.75, 3.05) is 20.7 Å². The largest absolute Gasteiger partial charge is 0.491 e. The lowest BCUT2D eigenvalue weighted by molar-refractivity contribution is -0.139. The number of carbonyl (C=O) groups is 5. The Morgan fingerprint density at radius 3 is 2.46 bits per heavy atom. The zero-order valence-corrected chi connectivity index (χ0v) is 29.5. The lowest BCUT2D eigenvalue weighted by Gasteiger charge is -2.33. The molecule has 282 valence electrons. The molecule has 18 heteroatoms. The quantitative estimate of drug-likeness (QED) is 0.0958. The highest BCUT2D eigenvalue weighted by atomic mass is 16.5. The molecule has 0 aliphatic carbocycles. The number of fused-ring (bicyclic) bond motifs is 1. The van der Waals surface area contributed by atoms with Gasteiger partial charge in [-0.15, -0.1) is 0 Å². The molecular formula is C34H46N8O10. The number of rotatable bonds is 15. The van der Waals surface area contributed by atoms with E-state index in [0.717, 1.165) is 10.9 Å². The maximum Gasteiger partial charge on any atom is 0.326 e. The number of aliphatic hydroxyl groups excluding tert-OH is 1. The molecule has 0 spiro atoms. The van der Waals surface area contributed by atoms with Crippen LogP contribution < -0.4 is 37.3 Å². The normalized spacial score (nSPS) is 19.8. The number of aromatic amines is 1. The minimum atomic E-state index is -1.36. The van der Waals surface area contributed by atoms with Gasteiger partial charge < -0.3 is 56.6 Å². The number of ether oxygens (including phenoxy) is 2. The SMILES string of the molecule is COc1cccn(C2OC(CNC(=O)[C@@H](NC(=O)[C@H](C)NC(=O)N[C@@H](Cc3c[nH]c4ccccc34)C(=O)O)[C@H](C)N(C)C(=O)[C@H](C)N)CC2O)c1=O. The summed E-state index contributed by atoms with van der Waals surface area (Å²) < 4.78 is 12.1. The first kappa shape index (κ1) is 39.3. The average Bonchev–Trinajstić information content (AvgIpc) is 3.70. The van der Waals surface area contributed by atoms with Crippen LogP contribution in [0.1, 0.15) is 39.0 Å². The van der Waals surface area contributed by atoms with Gasteiger partial charge in [-0.3, -0.25) is 23.7 Å². The molecule has 4 rings (SSSR count). The molecule has 1 aliphatic heterocycles. The Bertz CT molecular complexity index is 1830. The number of para-hydroxylation sites is 1. The van der Waals surface area contributed by atoms with Crippen LogP contribution in [0.4, 0.5) is 4.79 Å². The number of hydrogen-bond acceptors (Lipinski definition) is 10. The van der Waals surface area contributed by atoms with Gasteiger partial charge >= 0.3 is 12.0 Å². The van der Waals surface area contributed by atoms with Gasteiger partial charge in [-0.1, -0.05) is 18.2 Å². The number of aliphatic carboxylic acids is 1. The maximum absolute atomic E-state index is 13.6. The summed E-state index contributed by atoms with van der Waals surface area (Å²) in [7, 11) is 2.76. The third-order valence-electron chi connectivity index (χ3n) is 8.96. The van der Waals surface area contributed by atoms with E-state index in [1.807, 2.05) is 24.3 Å². The lowest BCUT2D eigenvalue weighted by Crippen LogP contribution is -2.62. The van der Waals surface area contributed by atoms with Crippen LogP contribution in [0.2, 0.25) is 0 Å². The van der Waals surface area contributed by atoms with Gasteiger partial charge in [0, 0.05) is 49.7 Å². The van der Waals surface area contributed by atoms with Crippen LogP contribution in [0.25, 0.3) is 10.9 Å². The van der Waals surface area contributed by atoms with Gasteiger partial charge in [0.1, 0.15) is 24.2 Å². The van der Waals surface area contributed by atoms with Crippen molar-refractivity contribution in [1.82, 2.24) is 35.7 Å². The smallest absolute Gasteiger partial charge is 0.326 e. The number of carboxylic acid groups (broad SMARTS) is 1. The predicted octanol–water partition coefficient (Wildman–Crippen LogP) is -0.835. The molecule has 52 heavy (non-hydrogen) atoms. The molecule has 5 amide bonds. The molecule has 1 aromatic carbocycles. The second-order valence-electron chi connectivity index (χ2n) is 12.7. The van der Waals surface area contributed by atoms with Gasteiger partial charge in [0.05, 0.1) is 25.3 Å². The summed E-state index contributed by atoms with van der Waals surface area (Å²) in [5.41, 5.74) is 6.74. The number of aliphatic hydroxyl groups is 1. The Hall–Kier alpha value is -5.46. The van der Waals surface area contributed by atoms with Crippen LogP contribution in [-0.4, -0.2) is 118 Å². The van der Waals surface area contributed by atoms with Gasteiger partial charge in [-0.25, -0.2) is 9.59 Å². The van der Waals surface area contributed by atoms with Crippen molar-refractivity contribution in [3.63, 3.8) is 0 Å². The minimum absolute atomic E-state index is 0.0359. The van der Waals surface area contributed by atoms with Crippen LogP contribution >= 0.6 is 0 Å². The molecule has 3 unspecified atom stereocenters. The number of aromatic nitrogens is 2. The Kier molecular flexibility index (Phi) is 13.0. The molecule has 0 radical (unpaired) electrons. The van der Waals surface area contributed by atoms with E-state index >= 15 is 0 Å². The van der Waals surface area contributed by atoms with E-state index in [2.05, 4.69) is 26.3 Å². The van der Waals surface area contributed by atoms with Gasteiger partial charge in [-0.2, -0.15) is 0 Å². The molecule has 0 saturated carbocycles. The van der Waals surface area contributed by atoms with Crippen molar-refractivity contribution in [1.29, 1.82) is 0 Å². The van der Waals surface area contributed by atoms with Crippen molar-refractivity contribution in [3.05, 3.63) is 64.7 Å². The summed E-state index contributed by atoms with van der Waals surface area (Å²) in [6.45, 7) is 4.21. The Morgan fingerprint density at radius 2 is 1.79 bits per heavy atom.